The molecule has 1 heterocycles. The van der Waals surface area contributed by atoms with Gasteiger partial charge < -0.3 is 4.90 Å². The molecule has 1 saturated heterocycles. The number of rotatable bonds is 3. The van der Waals surface area contributed by atoms with Crippen LogP contribution >= 0.6 is 0 Å². The molecule has 0 atom stereocenters. The summed E-state index contributed by atoms with van der Waals surface area (Å²) in [5, 5.41) is 1.76. The maximum absolute atomic E-state index is 12.1. The molecule has 7 nitrogen and oxygen atoms in total. The van der Waals surface area contributed by atoms with E-state index in [4.69, 9.17) is 0 Å². The molecule has 1 N–H and O–H groups in total. The van der Waals surface area contributed by atoms with Crippen molar-refractivity contribution in [1.29, 1.82) is 0 Å². The minimum Gasteiger partial charge on any atom is -0.340 e. The molecule has 0 spiro atoms. The first-order valence-corrected chi connectivity index (χ1v) is 8.78. The highest BCUT2D eigenvalue weighted by molar-refractivity contribution is 7.90. The van der Waals surface area contributed by atoms with E-state index < -0.39 is 9.84 Å². The molecule has 1 aromatic rings. The summed E-state index contributed by atoms with van der Waals surface area (Å²) >= 11 is 0. The summed E-state index contributed by atoms with van der Waals surface area (Å²) in [6.45, 7) is 3.79. The number of carbonyl (C=O) groups is 2. The molecule has 0 radical (unpaired) electrons. The van der Waals surface area contributed by atoms with E-state index in [1.54, 1.807) is 9.91 Å². The highest BCUT2D eigenvalue weighted by Crippen LogP contribution is 2.10. The summed E-state index contributed by atoms with van der Waals surface area (Å²) in [6, 6.07) is 5.80. The molecule has 1 aliphatic rings. The smallest absolute Gasteiger partial charge is 0.265 e. The SMILES string of the molecule is CC(=O)N1CCN(NC(=O)c2ccc(S(C)(=O)=O)cc2)CC1. The number of nitrogens with one attached hydrogen (secondary N) is 1. The van der Waals surface area contributed by atoms with Gasteiger partial charge in [0, 0.05) is 44.9 Å². The lowest BCUT2D eigenvalue weighted by Gasteiger charge is -2.34. The molecule has 22 heavy (non-hydrogen) atoms. The summed E-state index contributed by atoms with van der Waals surface area (Å²) in [4.78, 5) is 25.2. The van der Waals surface area contributed by atoms with Gasteiger partial charge in [-0.05, 0) is 24.3 Å². The molecular weight excluding hydrogens is 306 g/mol. The Morgan fingerprint density at radius 2 is 1.59 bits per heavy atom. The van der Waals surface area contributed by atoms with Crippen molar-refractivity contribution in [3.63, 3.8) is 0 Å². The van der Waals surface area contributed by atoms with E-state index in [1.165, 1.54) is 31.2 Å². The Labute approximate surface area is 129 Å². The average molecular weight is 325 g/mol. The second kappa shape index (κ2) is 6.45. The quantitative estimate of drug-likeness (QED) is 0.838. The minimum absolute atomic E-state index is 0.0299. The minimum atomic E-state index is -3.27. The topological polar surface area (TPSA) is 86.8 Å². The zero-order valence-electron chi connectivity index (χ0n) is 12.6. The van der Waals surface area contributed by atoms with Gasteiger partial charge in [0.15, 0.2) is 9.84 Å². The molecule has 1 aliphatic heterocycles. The van der Waals surface area contributed by atoms with Crippen LogP contribution in [-0.2, 0) is 14.6 Å². The number of amides is 2. The molecule has 0 aromatic heterocycles. The Balaban J connectivity index is 1.94. The number of hydrogen-bond acceptors (Lipinski definition) is 5. The number of sulfone groups is 1. The van der Waals surface area contributed by atoms with Crippen LogP contribution in [0.2, 0.25) is 0 Å². The molecule has 0 bridgehead atoms. The predicted octanol–water partition coefficient (Wildman–Crippen LogP) is -0.101. The average Bonchev–Trinajstić information content (AvgIpc) is 2.47. The van der Waals surface area contributed by atoms with Crippen LogP contribution in [0, 0.1) is 0 Å². The first-order chi connectivity index (χ1) is 10.3. The zero-order chi connectivity index (χ0) is 16.3. The van der Waals surface area contributed by atoms with E-state index >= 15 is 0 Å². The fraction of sp³-hybridized carbons (Fsp3) is 0.429. The van der Waals surface area contributed by atoms with Gasteiger partial charge in [-0.15, -0.1) is 0 Å². The molecule has 1 aromatic carbocycles. The lowest BCUT2D eigenvalue weighted by molar-refractivity contribution is -0.130. The summed E-state index contributed by atoms with van der Waals surface area (Å²) in [7, 11) is -3.27. The van der Waals surface area contributed by atoms with Gasteiger partial charge in [0.05, 0.1) is 4.90 Å². The Kier molecular flexibility index (Phi) is 4.82. The first-order valence-electron chi connectivity index (χ1n) is 6.89. The molecule has 120 valence electrons. The van der Waals surface area contributed by atoms with Gasteiger partial charge >= 0.3 is 0 Å². The molecule has 0 unspecified atom stereocenters. The number of hydrazine groups is 1. The Bertz CT molecular complexity index is 662. The van der Waals surface area contributed by atoms with Crippen molar-refractivity contribution in [2.75, 3.05) is 32.4 Å². The van der Waals surface area contributed by atoms with Crippen molar-refractivity contribution in [3.05, 3.63) is 29.8 Å². The Morgan fingerprint density at radius 3 is 2.05 bits per heavy atom. The van der Waals surface area contributed by atoms with Crippen LogP contribution in [0.3, 0.4) is 0 Å². The second-order valence-corrected chi connectivity index (χ2v) is 7.25. The highest BCUT2D eigenvalue weighted by Gasteiger charge is 2.20. The van der Waals surface area contributed by atoms with Crippen molar-refractivity contribution in [1.82, 2.24) is 15.3 Å². The van der Waals surface area contributed by atoms with Gasteiger partial charge in [0.2, 0.25) is 5.91 Å². The largest absolute Gasteiger partial charge is 0.340 e. The third-order valence-corrected chi connectivity index (χ3v) is 4.66. The van der Waals surface area contributed by atoms with E-state index in [1.807, 2.05) is 0 Å². The van der Waals surface area contributed by atoms with Gasteiger partial charge in [-0.3, -0.25) is 15.0 Å². The number of hydrogen-bond donors (Lipinski definition) is 1. The zero-order valence-corrected chi connectivity index (χ0v) is 13.4. The highest BCUT2D eigenvalue weighted by atomic mass is 32.2. The van der Waals surface area contributed by atoms with E-state index in [9.17, 15) is 18.0 Å². The third-order valence-electron chi connectivity index (χ3n) is 3.53. The van der Waals surface area contributed by atoms with Gasteiger partial charge in [0.1, 0.15) is 0 Å². The van der Waals surface area contributed by atoms with Crippen molar-refractivity contribution >= 4 is 21.7 Å². The Morgan fingerprint density at radius 1 is 1.05 bits per heavy atom. The second-order valence-electron chi connectivity index (χ2n) is 5.23. The van der Waals surface area contributed by atoms with Crippen LogP contribution in [0.5, 0.6) is 0 Å². The summed E-state index contributed by atoms with van der Waals surface area (Å²) in [5.41, 5.74) is 3.15. The van der Waals surface area contributed by atoms with Crippen molar-refractivity contribution < 1.29 is 18.0 Å². The normalized spacial score (nSPS) is 16.4. The lowest BCUT2D eigenvalue weighted by atomic mass is 10.2. The molecule has 1 fully saturated rings. The molecule has 0 saturated carbocycles. The maximum atomic E-state index is 12.1. The van der Waals surface area contributed by atoms with Crippen LogP contribution in [-0.4, -0.2) is 62.6 Å². The van der Waals surface area contributed by atoms with Gasteiger partial charge in [-0.25, -0.2) is 13.4 Å². The molecular formula is C14H19N3O4S. The van der Waals surface area contributed by atoms with E-state index in [0.29, 0.717) is 31.7 Å². The standard InChI is InChI=1S/C14H19N3O4S/c1-11(18)16-7-9-17(10-8-16)15-14(19)12-3-5-13(6-4-12)22(2,20)21/h3-6H,7-10H2,1-2H3,(H,15,19). The van der Waals surface area contributed by atoms with Crippen molar-refractivity contribution in [2.45, 2.75) is 11.8 Å². The summed E-state index contributed by atoms with van der Waals surface area (Å²) in [5.74, 6) is -0.265. The van der Waals surface area contributed by atoms with E-state index in [0.717, 1.165) is 6.26 Å². The predicted molar refractivity (Wildman–Crippen MR) is 80.8 cm³/mol. The summed E-state index contributed by atoms with van der Waals surface area (Å²) < 4.78 is 22.8. The van der Waals surface area contributed by atoms with Crippen LogP contribution in [0.4, 0.5) is 0 Å². The fourth-order valence-corrected chi connectivity index (χ4v) is 2.83. The van der Waals surface area contributed by atoms with Gasteiger partial charge in [-0.1, -0.05) is 0 Å². The van der Waals surface area contributed by atoms with Crippen molar-refractivity contribution in [3.8, 4) is 0 Å². The van der Waals surface area contributed by atoms with Crippen LogP contribution in [0.15, 0.2) is 29.2 Å². The lowest BCUT2D eigenvalue weighted by Crippen LogP contribution is -2.54. The number of benzene rings is 1. The maximum Gasteiger partial charge on any atom is 0.265 e. The van der Waals surface area contributed by atoms with Crippen molar-refractivity contribution in [2.24, 2.45) is 0 Å². The molecule has 2 amide bonds. The fourth-order valence-electron chi connectivity index (χ4n) is 2.19. The molecule has 2 rings (SSSR count). The van der Waals surface area contributed by atoms with Crippen LogP contribution < -0.4 is 5.43 Å². The molecule has 0 aliphatic carbocycles. The Hall–Kier alpha value is -1.93. The van der Waals surface area contributed by atoms with E-state index in [2.05, 4.69) is 5.43 Å². The molecule has 8 heteroatoms. The van der Waals surface area contributed by atoms with Crippen LogP contribution in [0.1, 0.15) is 17.3 Å². The monoisotopic (exact) mass is 325 g/mol. The third kappa shape index (κ3) is 4.05. The first kappa shape index (κ1) is 16.4. The number of carbonyl (C=O) groups excluding carboxylic acids is 2. The summed E-state index contributed by atoms with van der Waals surface area (Å²) in [6.07, 6.45) is 1.12. The van der Waals surface area contributed by atoms with Gasteiger partial charge in [-0.2, -0.15) is 0 Å². The number of piperazine rings is 1. The van der Waals surface area contributed by atoms with Gasteiger partial charge in [0.25, 0.3) is 5.91 Å². The van der Waals surface area contributed by atoms with E-state index in [-0.39, 0.29) is 16.7 Å². The number of nitrogens with zero attached hydrogens (tertiary/aromatic N) is 2. The van der Waals surface area contributed by atoms with Crippen LogP contribution in [0.25, 0.3) is 0 Å².